The minimum atomic E-state index is -0.510. The lowest BCUT2D eigenvalue weighted by Gasteiger charge is -2.34. The van der Waals surface area contributed by atoms with Crippen molar-refractivity contribution in [1.82, 2.24) is 24.4 Å². The van der Waals surface area contributed by atoms with E-state index in [2.05, 4.69) is 15.0 Å². The minimum absolute atomic E-state index is 0.125. The van der Waals surface area contributed by atoms with Crippen LogP contribution in [0.2, 0.25) is 0 Å². The lowest BCUT2D eigenvalue weighted by molar-refractivity contribution is -0.132. The second-order valence-corrected chi connectivity index (χ2v) is 6.26. The Morgan fingerprint density at radius 2 is 1.81 bits per heavy atom. The Labute approximate surface area is 153 Å². The van der Waals surface area contributed by atoms with E-state index in [4.69, 9.17) is 0 Å². The van der Waals surface area contributed by atoms with E-state index in [1.54, 1.807) is 23.4 Å². The van der Waals surface area contributed by atoms with Crippen molar-refractivity contribution < 1.29 is 9.18 Å². The molecule has 1 fully saturated rings. The summed E-state index contributed by atoms with van der Waals surface area (Å²) in [6.45, 7) is 2.14. The molecule has 4 rings (SSSR count). The number of nitrogens with zero attached hydrogens (tertiary/aromatic N) is 6. The zero-order valence-electron chi connectivity index (χ0n) is 14.5. The Morgan fingerprint density at radius 1 is 1.07 bits per heavy atom. The Hall–Kier alpha value is -3.36. The second-order valence-electron chi connectivity index (χ2n) is 6.26. The summed E-state index contributed by atoms with van der Waals surface area (Å²) in [4.78, 5) is 41.3. The van der Waals surface area contributed by atoms with Gasteiger partial charge in [0.25, 0.3) is 5.56 Å². The van der Waals surface area contributed by atoms with Gasteiger partial charge in [-0.15, -0.1) is 0 Å². The van der Waals surface area contributed by atoms with Gasteiger partial charge in [0.1, 0.15) is 12.4 Å². The number of benzene rings is 1. The average molecular weight is 368 g/mol. The number of amides is 1. The number of carbonyl (C=O) groups excluding carboxylic acids is 1. The molecule has 8 nitrogen and oxygen atoms in total. The number of halogens is 1. The summed E-state index contributed by atoms with van der Waals surface area (Å²) >= 11 is 0. The summed E-state index contributed by atoms with van der Waals surface area (Å²) in [7, 11) is 0. The molecule has 3 aromatic rings. The average Bonchev–Trinajstić information content (AvgIpc) is 2.71. The van der Waals surface area contributed by atoms with E-state index in [-0.39, 0.29) is 17.8 Å². The van der Waals surface area contributed by atoms with Gasteiger partial charge in [0.2, 0.25) is 11.9 Å². The van der Waals surface area contributed by atoms with Crippen LogP contribution < -0.4 is 10.5 Å². The summed E-state index contributed by atoms with van der Waals surface area (Å²) in [5.74, 6) is -0.0467. The lowest BCUT2D eigenvalue weighted by Crippen LogP contribution is -2.50. The predicted molar refractivity (Wildman–Crippen MR) is 96.8 cm³/mol. The number of carbonyl (C=O) groups is 1. The molecule has 9 heteroatoms. The molecule has 1 aliphatic rings. The fourth-order valence-corrected chi connectivity index (χ4v) is 3.10. The summed E-state index contributed by atoms with van der Waals surface area (Å²) in [5.41, 5.74) is -0.0225. The van der Waals surface area contributed by atoms with Crippen molar-refractivity contribution in [3.63, 3.8) is 0 Å². The first-order valence-corrected chi connectivity index (χ1v) is 8.56. The first-order chi connectivity index (χ1) is 13.1. The van der Waals surface area contributed by atoms with E-state index in [1.807, 2.05) is 4.90 Å². The van der Waals surface area contributed by atoms with Crippen molar-refractivity contribution in [3.8, 4) is 0 Å². The maximum absolute atomic E-state index is 13.4. The van der Waals surface area contributed by atoms with E-state index in [0.29, 0.717) is 37.6 Å². The van der Waals surface area contributed by atoms with Crippen LogP contribution in [0, 0.1) is 5.82 Å². The molecule has 0 atom stereocenters. The van der Waals surface area contributed by atoms with Gasteiger partial charge in [0.15, 0.2) is 0 Å². The van der Waals surface area contributed by atoms with Crippen LogP contribution in [-0.2, 0) is 11.3 Å². The highest BCUT2D eigenvalue weighted by atomic mass is 19.1. The number of anilines is 1. The molecule has 0 aliphatic carbocycles. The highest BCUT2D eigenvalue weighted by Gasteiger charge is 2.23. The van der Waals surface area contributed by atoms with Gasteiger partial charge in [-0.05, 0) is 24.3 Å². The number of rotatable bonds is 3. The van der Waals surface area contributed by atoms with E-state index in [0.717, 1.165) is 6.07 Å². The summed E-state index contributed by atoms with van der Waals surface area (Å²) < 4.78 is 14.6. The number of hydrogen-bond donors (Lipinski definition) is 0. The molecule has 0 bridgehead atoms. The number of piperazine rings is 1. The van der Waals surface area contributed by atoms with Crippen molar-refractivity contribution in [3.05, 3.63) is 59.2 Å². The van der Waals surface area contributed by atoms with Crippen molar-refractivity contribution >= 4 is 22.8 Å². The van der Waals surface area contributed by atoms with Crippen LogP contribution in [0.15, 0.2) is 47.8 Å². The molecule has 1 saturated heterocycles. The topological polar surface area (TPSA) is 84.2 Å². The number of hydrogen-bond acceptors (Lipinski definition) is 6. The molecule has 0 radical (unpaired) electrons. The first kappa shape index (κ1) is 17.1. The molecule has 1 amide bonds. The zero-order chi connectivity index (χ0) is 18.8. The molecular weight excluding hydrogens is 351 g/mol. The fraction of sp³-hybridized carbons (Fsp3) is 0.278. The van der Waals surface area contributed by atoms with Crippen molar-refractivity contribution in [2.75, 3.05) is 31.1 Å². The fourth-order valence-electron chi connectivity index (χ4n) is 3.10. The van der Waals surface area contributed by atoms with Gasteiger partial charge in [-0.1, -0.05) is 0 Å². The second kappa shape index (κ2) is 7.10. The Morgan fingerprint density at radius 3 is 2.56 bits per heavy atom. The molecule has 138 valence electrons. The van der Waals surface area contributed by atoms with Gasteiger partial charge in [-0.2, -0.15) is 0 Å². The Bertz CT molecular complexity index is 1030. The van der Waals surface area contributed by atoms with Crippen LogP contribution in [0.3, 0.4) is 0 Å². The van der Waals surface area contributed by atoms with Crippen LogP contribution >= 0.6 is 0 Å². The SMILES string of the molecule is O=C(Cn1cnc2ccc(F)cc2c1=O)N1CCN(c2ncccn2)CC1. The van der Waals surface area contributed by atoms with Gasteiger partial charge in [0, 0.05) is 38.6 Å². The third-order valence-corrected chi connectivity index (χ3v) is 4.56. The molecular formula is C18H17FN6O2. The van der Waals surface area contributed by atoms with E-state index >= 15 is 0 Å². The molecule has 1 aliphatic heterocycles. The van der Waals surface area contributed by atoms with Gasteiger partial charge in [0.05, 0.1) is 17.2 Å². The van der Waals surface area contributed by atoms with Crippen LogP contribution in [0.5, 0.6) is 0 Å². The molecule has 0 saturated carbocycles. The van der Waals surface area contributed by atoms with Gasteiger partial charge in [-0.25, -0.2) is 19.3 Å². The van der Waals surface area contributed by atoms with Crippen LogP contribution in [0.1, 0.15) is 0 Å². The maximum atomic E-state index is 13.4. The molecule has 2 aromatic heterocycles. The summed E-state index contributed by atoms with van der Waals surface area (Å²) in [6, 6.07) is 5.60. The Kier molecular flexibility index (Phi) is 4.49. The number of fused-ring (bicyclic) bond motifs is 1. The van der Waals surface area contributed by atoms with Crippen LogP contribution in [0.4, 0.5) is 10.3 Å². The molecule has 0 N–H and O–H groups in total. The highest BCUT2D eigenvalue weighted by molar-refractivity contribution is 5.79. The standard InChI is InChI=1S/C18H17FN6O2/c19-13-2-3-15-14(10-13)17(27)25(12-22-15)11-16(26)23-6-8-24(9-7-23)18-20-4-1-5-21-18/h1-5,10,12H,6-9,11H2. The van der Waals surface area contributed by atoms with E-state index < -0.39 is 11.4 Å². The maximum Gasteiger partial charge on any atom is 0.261 e. The molecule has 0 unspecified atom stereocenters. The van der Waals surface area contributed by atoms with Crippen molar-refractivity contribution in [2.45, 2.75) is 6.54 Å². The zero-order valence-corrected chi connectivity index (χ0v) is 14.5. The lowest BCUT2D eigenvalue weighted by atomic mass is 10.2. The predicted octanol–water partition coefficient (Wildman–Crippen LogP) is 0.674. The summed E-state index contributed by atoms with van der Waals surface area (Å²) in [6.07, 6.45) is 4.69. The smallest absolute Gasteiger partial charge is 0.261 e. The van der Waals surface area contributed by atoms with Gasteiger partial charge >= 0.3 is 0 Å². The van der Waals surface area contributed by atoms with E-state index in [9.17, 15) is 14.0 Å². The van der Waals surface area contributed by atoms with Crippen LogP contribution in [-0.4, -0.2) is 56.5 Å². The quantitative estimate of drug-likeness (QED) is 0.676. The minimum Gasteiger partial charge on any atom is -0.338 e. The number of aromatic nitrogens is 4. The summed E-state index contributed by atoms with van der Waals surface area (Å²) in [5, 5.41) is 0.163. The van der Waals surface area contributed by atoms with Crippen molar-refractivity contribution in [2.24, 2.45) is 0 Å². The van der Waals surface area contributed by atoms with Gasteiger partial charge < -0.3 is 9.80 Å². The normalized spacial score (nSPS) is 14.6. The Balaban J connectivity index is 1.45. The van der Waals surface area contributed by atoms with E-state index in [1.165, 1.54) is 23.0 Å². The first-order valence-electron chi connectivity index (χ1n) is 8.56. The largest absolute Gasteiger partial charge is 0.338 e. The molecule has 3 heterocycles. The monoisotopic (exact) mass is 368 g/mol. The third-order valence-electron chi connectivity index (χ3n) is 4.56. The highest BCUT2D eigenvalue weighted by Crippen LogP contribution is 2.11. The third kappa shape index (κ3) is 3.48. The molecule has 27 heavy (non-hydrogen) atoms. The van der Waals surface area contributed by atoms with Crippen LogP contribution in [0.25, 0.3) is 10.9 Å². The van der Waals surface area contributed by atoms with Gasteiger partial charge in [-0.3, -0.25) is 14.2 Å². The molecule has 0 spiro atoms. The van der Waals surface area contributed by atoms with Crippen molar-refractivity contribution in [1.29, 1.82) is 0 Å². The molecule has 1 aromatic carbocycles.